The number of hydrogen-bond donors (Lipinski definition) is 1. The van der Waals surface area contributed by atoms with Crippen molar-refractivity contribution < 1.29 is 5.11 Å². The first-order valence-corrected chi connectivity index (χ1v) is 7.95. The fraction of sp³-hybridized carbons (Fsp3) is 0.438. The minimum absolute atomic E-state index is 0.130. The second-order valence-electron chi connectivity index (χ2n) is 5.05. The molecular formula is C16H18N2OS. The van der Waals surface area contributed by atoms with Crippen LogP contribution in [0.1, 0.15) is 41.1 Å². The monoisotopic (exact) mass is 286 g/mol. The molecule has 0 spiro atoms. The lowest BCUT2D eigenvalue weighted by atomic mass is 10.0. The summed E-state index contributed by atoms with van der Waals surface area (Å²) in [5.41, 5.74) is 3.75. The third kappa shape index (κ3) is 2.95. The van der Waals surface area contributed by atoms with E-state index in [2.05, 4.69) is 32.8 Å². The minimum atomic E-state index is 0.130. The Morgan fingerprint density at radius 3 is 3.15 bits per heavy atom. The molecule has 1 aliphatic carbocycles. The smallest absolute Gasteiger partial charge is 0.0955 e. The van der Waals surface area contributed by atoms with Gasteiger partial charge in [0.2, 0.25) is 0 Å². The number of thiophene rings is 1. The molecule has 20 heavy (non-hydrogen) atoms. The Balaban J connectivity index is 1.72. The lowest BCUT2D eigenvalue weighted by molar-refractivity contribution is 0.305. The molecule has 0 bridgehead atoms. The molecule has 2 aromatic heterocycles. The highest BCUT2D eigenvalue weighted by Crippen LogP contribution is 2.22. The molecule has 3 nitrogen and oxygen atoms in total. The van der Waals surface area contributed by atoms with Crippen LogP contribution in [0.15, 0.2) is 17.8 Å². The van der Waals surface area contributed by atoms with Gasteiger partial charge in [0.05, 0.1) is 25.2 Å². The maximum atomic E-state index is 8.72. The Labute approximate surface area is 123 Å². The zero-order chi connectivity index (χ0) is 13.8. The average Bonchev–Trinajstić information content (AvgIpc) is 3.08. The zero-order valence-corrected chi connectivity index (χ0v) is 12.2. The van der Waals surface area contributed by atoms with E-state index >= 15 is 0 Å². The summed E-state index contributed by atoms with van der Waals surface area (Å²) < 4.78 is 2.28. The van der Waals surface area contributed by atoms with Crippen LogP contribution in [0.3, 0.4) is 0 Å². The Bertz CT molecular complexity index is 645. The van der Waals surface area contributed by atoms with E-state index in [9.17, 15) is 0 Å². The second-order valence-corrected chi connectivity index (χ2v) is 6.05. The fourth-order valence-corrected chi connectivity index (χ4v) is 3.40. The SMILES string of the molecule is OCCC#Cc1csc(Cn2cnc3c2CCCC3)c1. The molecular weight excluding hydrogens is 268 g/mol. The fourth-order valence-electron chi connectivity index (χ4n) is 2.58. The molecule has 3 rings (SSSR count). The number of aliphatic hydroxyl groups excluding tert-OH is 1. The highest BCUT2D eigenvalue weighted by molar-refractivity contribution is 7.10. The summed E-state index contributed by atoms with van der Waals surface area (Å²) in [4.78, 5) is 5.84. The first-order valence-electron chi connectivity index (χ1n) is 7.07. The number of nitrogens with zero attached hydrogens (tertiary/aromatic N) is 2. The average molecular weight is 286 g/mol. The maximum absolute atomic E-state index is 8.72. The zero-order valence-electron chi connectivity index (χ0n) is 11.4. The molecule has 104 valence electrons. The van der Waals surface area contributed by atoms with Crippen LogP contribution < -0.4 is 0 Å². The van der Waals surface area contributed by atoms with Crippen molar-refractivity contribution in [2.24, 2.45) is 0 Å². The normalized spacial score (nSPS) is 13.7. The second kappa shape index (κ2) is 6.25. The van der Waals surface area contributed by atoms with Crippen molar-refractivity contribution >= 4 is 11.3 Å². The third-order valence-electron chi connectivity index (χ3n) is 3.56. The quantitative estimate of drug-likeness (QED) is 0.881. The van der Waals surface area contributed by atoms with E-state index in [-0.39, 0.29) is 6.61 Å². The van der Waals surface area contributed by atoms with E-state index in [0.717, 1.165) is 24.9 Å². The van der Waals surface area contributed by atoms with Gasteiger partial charge in [-0.25, -0.2) is 4.98 Å². The van der Waals surface area contributed by atoms with Gasteiger partial charge in [-0.1, -0.05) is 11.8 Å². The van der Waals surface area contributed by atoms with Gasteiger partial charge in [0.25, 0.3) is 0 Å². The number of imidazole rings is 1. The Morgan fingerprint density at radius 2 is 2.25 bits per heavy atom. The number of aromatic nitrogens is 2. The van der Waals surface area contributed by atoms with Crippen LogP contribution >= 0.6 is 11.3 Å². The molecule has 0 aliphatic heterocycles. The van der Waals surface area contributed by atoms with Crippen molar-refractivity contribution in [1.82, 2.24) is 9.55 Å². The van der Waals surface area contributed by atoms with Crippen molar-refractivity contribution in [3.8, 4) is 11.8 Å². The van der Waals surface area contributed by atoms with Crippen molar-refractivity contribution in [1.29, 1.82) is 0 Å². The van der Waals surface area contributed by atoms with Crippen molar-refractivity contribution in [2.75, 3.05) is 6.61 Å². The number of rotatable bonds is 3. The van der Waals surface area contributed by atoms with Gasteiger partial charge in [-0.05, 0) is 31.7 Å². The Hall–Kier alpha value is -1.57. The summed E-state index contributed by atoms with van der Waals surface area (Å²) in [5, 5.41) is 10.8. The molecule has 0 amide bonds. The predicted molar refractivity (Wildman–Crippen MR) is 80.9 cm³/mol. The molecule has 0 radical (unpaired) electrons. The van der Waals surface area contributed by atoms with Gasteiger partial charge in [0, 0.05) is 27.9 Å². The lowest BCUT2D eigenvalue weighted by Crippen LogP contribution is -2.08. The lowest BCUT2D eigenvalue weighted by Gasteiger charge is -2.13. The standard InChI is InChI=1S/C16H18N2OS/c19-8-4-3-5-13-9-14(20-11-13)10-18-12-17-15-6-1-2-7-16(15)18/h9,11-12,19H,1-2,4,6-8,10H2. The molecule has 0 saturated carbocycles. The van der Waals surface area contributed by atoms with Gasteiger partial charge in [0.1, 0.15) is 0 Å². The van der Waals surface area contributed by atoms with E-state index in [1.165, 1.54) is 29.1 Å². The minimum Gasteiger partial charge on any atom is -0.395 e. The molecule has 1 N–H and O–H groups in total. The number of hydrogen-bond acceptors (Lipinski definition) is 3. The van der Waals surface area contributed by atoms with Crippen molar-refractivity contribution in [3.05, 3.63) is 39.6 Å². The van der Waals surface area contributed by atoms with Crippen LogP contribution in [0.5, 0.6) is 0 Å². The molecule has 2 heterocycles. The molecule has 0 unspecified atom stereocenters. The first-order chi connectivity index (χ1) is 9.86. The highest BCUT2D eigenvalue weighted by atomic mass is 32.1. The topological polar surface area (TPSA) is 38.0 Å². The summed E-state index contributed by atoms with van der Waals surface area (Å²) in [7, 11) is 0. The van der Waals surface area contributed by atoms with Gasteiger partial charge in [-0.2, -0.15) is 0 Å². The van der Waals surface area contributed by atoms with Gasteiger partial charge in [-0.15, -0.1) is 11.3 Å². The van der Waals surface area contributed by atoms with E-state index in [1.807, 2.05) is 6.33 Å². The summed E-state index contributed by atoms with van der Waals surface area (Å²) in [6, 6.07) is 2.14. The summed E-state index contributed by atoms with van der Waals surface area (Å²) in [6.07, 6.45) is 7.36. The van der Waals surface area contributed by atoms with Gasteiger partial charge in [0.15, 0.2) is 0 Å². The van der Waals surface area contributed by atoms with Gasteiger partial charge in [-0.3, -0.25) is 0 Å². The van der Waals surface area contributed by atoms with Gasteiger partial charge < -0.3 is 9.67 Å². The summed E-state index contributed by atoms with van der Waals surface area (Å²) in [6.45, 7) is 1.03. The predicted octanol–water partition coefficient (Wildman–Crippen LogP) is 2.61. The molecule has 1 aliphatic rings. The van der Waals surface area contributed by atoms with E-state index < -0.39 is 0 Å². The number of aliphatic hydroxyl groups is 1. The van der Waals surface area contributed by atoms with Crippen molar-refractivity contribution in [2.45, 2.75) is 38.6 Å². The van der Waals surface area contributed by atoms with Crippen LogP contribution in [0, 0.1) is 11.8 Å². The van der Waals surface area contributed by atoms with Crippen molar-refractivity contribution in [3.63, 3.8) is 0 Å². The highest BCUT2D eigenvalue weighted by Gasteiger charge is 2.15. The molecule has 4 heteroatoms. The summed E-state index contributed by atoms with van der Waals surface area (Å²) >= 11 is 1.74. The number of aryl methyl sites for hydroxylation is 1. The molecule has 0 aromatic carbocycles. The summed E-state index contributed by atoms with van der Waals surface area (Å²) in [5.74, 6) is 6.04. The van der Waals surface area contributed by atoms with Crippen LogP contribution in [0.2, 0.25) is 0 Å². The molecule has 0 saturated heterocycles. The van der Waals surface area contributed by atoms with Crippen LogP contribution in [-0.4, -0.2) is 21.3 Å². The van der Waals surface area contributed by atoms with E-state index in [1.54, 1.807) is 11.3 Å². The molecule has 2 aromatic rings. The largest absolute Gasteiger partial charge is 0.395 e. The Morgan fingerprint density at radius 1 is 1.35 bits per heavy atom. The third-order valence-corrected chi connectivity index (χ3v) is 4.48. The van der Waals surface area contributed by atoms with E-state index in [4.69, 9.17) is 5.11 Å². The van der Waals surface area contributed by atoms with Crippen LogP contribution in [-0.2, 0) is 19.4 Å². The number of fused-ring (bicyclic) bond motifs is 1. The van der Waals surface area contributed by atoms with Gasteiger partial charge >= 0.3 is 0 Å². The molecule has 0 fully saturated rings. The first kappa shape index (κ1) is 13.4. The Kier molecular flexibility index (Phi) is 4.19. The van der Waals surface area contributed by atoms with E-state index in [0.29, 0.717) is 6.42 Å². The van der Waals surface area contributed by atoms with Crippen LogP contribution in [0.4, 0.5) is 0 Å². The van der Waals surface area contributed by atoms with Crippen LogP contribution in [0.25, 0.3) is 0 Å². The maximum Gasteiger partial charge on any atom is 0.0955 e. The molecule has 0 atom stereocenters.